The Labute approximate surface area is 136 Å². The van der Waals surface area contributed by atoms with Crippen LogP contribution in [0.25, 0.3) is 0 Å². The third kappa shape index (κ3) is 3.75. The molecule has 0 aliphatic carbocycles. The fourth-order valence-electron chi connectivity index (χ4n) is 3.00. The van der Waals surface area contributed by atoms with Crippen molar-refractivity contribution in [1.29, 1.82) is 0 Å². The first-order valence-electron chi connectivity index (χ1n) is 7.94. The summed E-state index contributed by atoms with van der Waals surface area (Å²) in [7, 11) is 1.66. The zero-order chi connectivity index (χ0) is 16.1. The van der Waals surface area contributed by atoms with Crippen LogP contribution in [0.4, 0.5) is 0 Å². The molecule has 2 heterocycles. The molecule has 0 radical (unpaired) electrons. The van der Waals surface area contributed by atoms with Gasteiger partial charge in [-0.05, 0) is 29.8 Å². The number of amides is 1. The summed E-state index contributed by atoms with van der Waals surface area (Å²) in [5, 5.41) is 6.13. The molecule has 1 atom stereocenters. The minimum absolute atomic E-state index is 0.0492. The standard InChI is InChI=1S/C18H22N4O/c1-19-18(23)15-6-4-5-14(11-15)17-12-20-9-10-22(17)13-16-7-2-3-8-21-16/h2-8,11,17,20H,9-10,12-13H2,1H3,(H,19,23)/t17-/m1/s1. The molecule has 5 nitrogen and oxygen atoms in total. The summed E-state index contributed by atoms with van der Waals surface area (Å²) in [6.45, 7) is 3.63. The van der Waals surface area contributed by atoms with Crippen LogP contribution in [-0.2, 0) is 6.54 Å². The number of nitrogens with one attached hydrogen (secondary N) is 2. The normalized spacial score (nSPS) is 18.6. The van der Waals surface area contributed by atoms with E-state index in [0.29, 0.717) is 5.56 Å². The van der Waals surface area contributed by atoms with E-state index >= 15 is 0 Å². The number of hydrogen-bond acceptors (Lipinski definition) is 4. The number of carbonyl (C=O) groups excluding carboxylic acids is 1. The lowest BCUT2D eigenvalue weighted by Gasteiger charge is -2.36. The summed E-state index contributed by atoms with van der Waals surface area (Å²) in [5.41, 5.74) is 2.93. The molecule has 1 aliphatic heterocycles. The van der Waals surface area contributed by atoms with E-state index < -0.39 is 0 Å². The second-order valence-electron chi connectivity index (χ2n) is 5.72. The zero-order valence-corrected chi connectivity index (χ0v) is 13.3. The summed E-state index contributed by atoms with van der Waals surface area (Å²) in [6.07, 6.45) is 1.83. The van der Waals surface area contributed by atoms with Gasteiger partial charge in [0.1, 0.15) is 0 Å². The minimum Gasteiger partial charge on any atom is -0.355 e. The number of aromatic nitrogens is 1. The Kier molecular flexibility index (Phi) is 5.00. The molecule has 1 saturated heterocycles. The molecule has 2 aromatic rings. The van der Waals surface area contributed by atoms with Gasteiger partial charge in [-0.15, -0.1) is 0 Å². The monoisotopic (exact) mass is 310 g/mol. The Morgan fingerprint density at radius 1 is 1.35 bits per heavy atom. The first-order chi connectivity index (χ1) is 11.3. The molecule has 120 valence electrons. The van der Waals surface area contributed by atoms with E-state index in [1.165, 1.54) is 0 Å². The summed E-state index contributed by atoms with van der Waals surface area (Å²) >= 11 is 0. The first-order valence-corrected chi connectivity index (χ1v) is 7.94. The van der Waals surface area contributed by atoms with E-state index in [1.54, 1.807) is 7.05 Å². The largest absolute Gasteiger partial charge is 0.355 e. The summed E-state index contributed by atoms with van der Waals surface area (Å²) in [4.78, 5) is 18.7. The van der Waals surface area contributed by atoms with Gasteiger partial charge in [-0.1, -0.05) is 18.2 Å². The maximum absolute atomic E-state index is 11.9. The van der Waals surface area contributed by atoms with Crippen LogP contribution in [0.1, 0.15) is 27.7 Å². The fourth-order valence-corrected chi connectivity index (χ4v) is 3.00. The van der Waals surface area contributed by atoms with E-state index in [1.807, 2.05) is 36.5 Å². The van der Waals surface area contributed by atoms with Gasteiger partial charge < -0.3 is 10.6 Å². The number of rotatable bonds is 4. The summed E-state index contributed by atoms with van der Waals surface area (Å²) in [6, 6.07) is 14.1. The molecular formula is C18H22N4O. The number of benzene rings is 1. The van der Waals surface area contributed by atoms with Gasteiger partial charge in [0.15, 0.2) is 0 Å². The van der Waals surface area contributed by atoms with Gasteiger partial charge in [0.2, 0.25) is 0 Å². The van der Waals surface area contributed by atoms with Crippen molar-refractivity contribution in [2.75, 3.05) is 26.7 Å². The van der Waals surface area contributed by atoms with Gasteiger partial charge in [-0.25, -0.2) is 0 Å². The molecule has 0 spiro atoms. The number of nitrogens with zero attached hydrogens (tertiary/aromatic N) is 2. The Morgan fingerprint density at radius 3 is 3.04 bits per heavy atom. The molecule has 0 bridgehead atoms. The van der Waals surface area contributed by atoms with Crippen LogP contribution in [0.15, 0.2) is 48.7 Å². The Bertz CT molecular complexity index is 659. The van der Waals surface area contributed by atoms with Gasteiger partial charge in [-0.3, -0.25) is 14.7 Å². The average molecular weight is 310 g/mol. The van der Waals surface area contributed by atoms with E-state index in [0.717, 1.165) is 37.4 Å². The molecule has 1 amide bonds. The summed E-state index contributed by atoms with van der Waals surface area (Å²) < 4.78 is 0. The van der Waals surface area contributed by atoms with Gasteiger partial charge in [0.05, 0.1) is 5.69 Å². The number of pyridine rings is 1. The molecule has 1 aromatic heterocycles. The molecule has 1 aromatic carbocycles. The van der Waals surface area contributed by atoms with Crippen LogP contribution in [0, 0.1) is 0 Å². The van der Waals surface area contributed by atoms with Crippen LogP contribution in [0.2, 0.25) is 0 Å². The summed E-state index contributed by atoms with van der Waals surface area (Å²) in [5.74, 6) is -0.0492. The van der Waals surface area contributed by atoms with E-state index in [-0.39, 0.29) is 11.9 Å². The van der Waals surface area contributed by atoms with Crippen molar-refractivity contribution in [1.82, 2.24) is 20.5 Å². The van der Waals surface area contributed by atoms with Crippen molar-refractivity contribution in [2.24, 2.45) is 0 Å². The SMILES string of the molecule is CNC(=O)c1cccc([C@H]2CNCCN2Cc2ccccn2)c1. The smallest absolute Gasteiger partial charge is 0.251 e. The highest BCUT2D eigenvalue weighted by atomic mass is 16.1. The lowest BCUT2D eigenvalue weighted by atomic mass is 10.00. The van der Waals surface area contributed by atoms with Crippen molar-refractivity contribution >= 4 is 5.91 Å². The van der Waals surface area contributed by atoms with Crippen LogP contribution in [0.3, 0.4) is 0 Å². The molecule has 3 rings (SSSR count). The van der Waals surface area contributed by atoms with Crippen LogP contribution in [0.5, 0.6) is 0 Å². The fraction of sp³-hybridized carbons (Fsp3) is 0.333. The highest BCUT2D eigenvalue weighted by molar-refractivity contribution is 5.94. The topological polar surface area (TPSA) is 57.3 Å². The van der Waals surface area contributed by atoms with Crippen molar-refractivity contribution < 1.29 is 4.79 Å². The highest BCUT2D eigenvalue weighted by Gasteiger charge is 2.24. The number of hydrogen-bond donors (Lipinski definition) is 2. The van der Waals surface area contributed by atoms with Crippen molar-refractivity contribution in [3.8, 4) is 0 Å². The molecule has 1 fully saturated rings. The second-order valence-corrected chi connectivity index (χ2v) is 5.72. The molecule has 0 unspecified atom stereocenters. The molecular weight excluding hydrogens is 288 g/mol. The Morgan fingerprint density at radius 2 is 2.26 bits per heavy atom. The number of piperazine rings is 1. The molecule has 23 heavy (non-hydrogen) atoms. The zero-order valence-electron chi connectivity index (χ0n) is 13.3. The van der Waals surface area contributed by atoms with Crippen LogP contribution < -0.4 is 10.6 Å². The lowest BCUT2D eigenvalue weighted by Crippen LogP contribution is -2.45. The van der Waals surface area contributed by atoms with Crippen LogP contribution >= 0.6 is 0 Å². The highest BCUT2D eigenvalue weighted by Crippen LogP contribution is 2.24. The second kappa shape index (κ2) is 7.35. The molecule has 0 saturated carbocycles. The predicted molar refractivity (Wildman–Crippen MR) is 90.1 cm³/mol. The molecule has 5 heteroatoms. The maximum Gasteiger partial charge on any atom is 0.251 e. The molecule has 1 aliphatic rings. The maximum atomic E-state index is 11.9. The predicted octanol–water partition coefficient (Wildman–Crippen LogP) is 1.59. The average Bonchev–Trinajstić information content (AvgIpc) is 2.62. The van der Waals surface area contributed by atoms with Gasteiger partial charge in [0, 0.05) is 51.0 Å². The number of carbonyl (C=O) groups is 1. The van der Waals surface area contributed by atoms with Gasteiger partial charge in [-0.2, -0.15) is 0 Å². The van der Waals surface area contributed by atoms with Crippen molar-refractivity contribution in [3.05, 3.63) is 65.5 Å². The quantitative estimate of drug-likeness (QED) is 0.900. The van der Waals surface area contributed by atoms with E-state index in [2.05, 4.69) is 32.7 Å². The van der Waals surface area contributed by atoms with Crippen molar-refractivity contribution in [3.63, 3.8) is 0 Å². The van der Waals surface area contributed by atoms with Crippen molar-refractivity contribution in [2.45, 2.75) is 12.6 Å². The molecule has 2 N–H and O–H groups in total. The lowest BCUT2D eigenvalue weighted by molar-refractivity contribution is 0.0962. The van der Waals surface area contributed by atoms with Crippen LogP contribution in [-0.4, -0.2) is 42.5 Å². The Hall–Kier alpha value is -2.24. The Balaban J connectivity index is 1.82. The van der Waals surface area contributed by atoms with Gasteiger partial charge >= 0.3 is 0 Å². The third-order valence-electron chi connectivity index (χ3n) is 4.21. The first kappa shape index (κ1) is 15.6. The third-order valence-corrected chi connectivity index (χ3v) is 4.21. The van der Waals surface area contributed by atoms with E-state index in [4.69, 9.17) is 0 Å². The van der Waals surface area contributed by atoms with Gasteiger partial charge in [0.25, 0.3) is 5.91 Å². The van der Waals surface area contributed by atoms with E-state index in [9.17, 15) is 4.79 Å². The minimum atomic E-state index is -0.0492.